The van der Waals surface area contributed by atoms with E-state index in [0.717, 1.165) is 48.7 Å². The minimum absolute atomic E-state index is 0.0480. The number of amides is 1. The third-order valence-corrected chi connectivity index (χ3v) is 5.03. The van der Waals surface area contributed by atoms with Crippen LogP contribution in [0.2, 0.25) is 0 Å². The van der Waals surface area contributed by atoms with Gasteiger partial charge in [0.05, 0.1) is 27.9 Å². The Kier molecular flexibility index (Phi) is 6.76. The number of carbonyl (C=O) groups is 1. The quantitative estimate of drug-likeness (QED) is 0.758. The monoisotopic (exact) mass is 384 g/mol. The van der Waals surface area contributed by atoms with Crippen LogP contribution in [-0.2, 0) is 24.2 Å². The molecular formula is C22H28N2O4. The van der Waals surface area contributed by atoms with Crippen molar-refractivity contribution in [3.63, 3.8) is 0 Å². The molecule has 1 aliphatic heterocycles. The molecule has 1 heterocycles. The zero-order chi connectivity index (χ0) is 19.9. The summed E-state index contributed by atoms with van der Waals surface area (Å²) in [5.41, 5.74) is 3.59. The number of fused-ring (bicyclic) bond motifs is 1. The normalized spacial score (nSPS) is 13.5. The van der Waals surface area contributed by atoms with Crippen LogP contribution in [0, 0.1) is 0 Å². The first-order chi connectivity index (χ1) is 13.6. The topological polar surface area (TPSA) is 60.0 Å². The molecule has 0 radical (unpaired) electrons. The van der Waals surface area contributed by atoms with E-state index in [4.69, 9.17) is 14.2 Å². The molecule has 2 aromatic rings. The molecule has 6 nitrogen and oxygen atoms in total. The van der Waals surface area contributed by atoms with Crippen LogP contribution in [0.5, 0.6) is 17.2 Å². The molecule has 150 valence electrons. The van der Waals surface area contributed by atoms with Gasteiger partial charge >= 0.3 is 0 Å². The van der Waals surface area contributed by atoms with Crippen molar-refractivity contribution in [1.29, 1.82) is 0 Å². The second-order valence-electron chi connectivity index (χ2n) is 6.89. The van der Waals surface area contributed by atoms with E-state index in [-0.39, 0.29) is 5.91 Å². The predicted molar refractivity (Wildman–Crippen MR) is 108 cm³/mol. The average Bonchev–Trinajstić information content (AvgIpc) is 2.72. The van der Waals surface area contributed by atoms with Gasteiger partial charge in [-0.15, -0.1) is 0 Å². The number of nitrogens with one attached hydrogen (secondary N) is 1. The Bertz CT molecular complexity index is 822. The zero-order valence-corrected chi connectivity index (χ0v) is 16.8. The van der Waals surface area contributed by atoms with Gasteiger partial charge in [0.1, 0.15) is 5.75 Å². The maximum absolute atomic E-state index is 12.3. The van der Waals surface area contributed by atoms with Gasteiger partial charge in [0.25, 0.3) is 0 Å². The summed E-state index contributed by atoms with van der Waals surface area (Å²) in [7, 11) is 4.94. The number of ether oxygens (including phenoxy) is 3. The first kappa shape index (κ1) is 20.0. The number of carbonyl (C=O) groups excluding carboxylic acids is 1. The van der Waals surface area contributed by atoms with Crippen molar-refractivity contribution in [3.05, 3.63) is 53.1 Å². The first-order valence-electron chi connectivity index (χ1n) is 9.48. The summed E-state index contributed by atoms with van der Waals surface area (Å²) in [6.07, 6.45) is 1.68. The molecule has 1 N–H and O–H groups in total. The Morgan fingerprint density at radius 1 is 1.04 bits per heavy atom. The minimum Gasteiger partial charge on any atom is -0.497 e. The Balaban J connectivity index is 1.50. The first-order valence-corrected chi connectivity index (χ1v) is 9.48. The van der Waals surface area contributed by atoms with Crippen molar-refractivity contribution in [2.45, 2.75) is 19.4 Å². The van der Waals surface area contributed by atoms with Gasteiger partial charge in [-0.2, -0.15) is 0 Å². The molecule has 0 aliphatic carbocycles. The summed E-state index contributed by atoms with van der Waals surface area (Å²) >= 11 is 0. The van der Waals surface area contributed by atoms with Gasteiger partial charge in [0.15, 0.2) is 11.5 Å². The van der Waals surface area contributed by atoms with Crippen molar-refractivity contribution in [2.75, 3.05) is 41.0 Å². The molecule has 0 aromatic heterocycles. The minimum atomic E-state index is 0.0480. The SMILES string of the molecule is COc1cccc(CCNC(=O)CN2CCc3cc(OC)c(OC)cc3C2)c1. The highest BCUT2D eigenvalue weighted by Crippen LogP contribution is 2.33. The van der Waals surface area contributed by atoms with Crippen molar-refractivity contribution >= 4 is 5.91 Å². The number of hydrogen-bond donors (Lipinski definition) is 1. The van der Waals surface area contributed by atoms with E-state index in [1.54, 1.807) is 21.3 Å². The molecule has 0 spiro atoms. The standard InChI is InChI=1S/C22H28N2O4/c1-26-19-6-4-5-16(11-19)7-9-23-22(25)15-24-10-8-17-12-20(27-2)21(28-3)13-18(17)14-24/h4-6,11-13H,7-10,14-15H2,1-3H3,(H,23,25). The fraction of sp³-hybridized carbons (Fsp3) is 0.409. The summed E-state index contributed by atoms with van der Waals surface area (Å²) in [6, 6.07) is 12.0. The molecule has 1 amide bonds. The number of rotatable bonds is 8. The highest BCUT2D eigenvalue weighted by atomic mass is 16.5. The van der Waals surface area contributed by atoms with Crippen LogP contribution < -0.4 is 19.5 Å². The molecule has 1 aliphatic rings. The van der Waals surface area contributed by atoms with Crippen molar-refractivity contribution in [1.82, 2.24) is 10.2 Å². The third kappa shape index (κ3) is 4.95. The lowest BCUT2D eigenvalue weighted by Gasteiger charge is -2.29. The Labute approximate surface area is 166 Å². The van der Waals surface area contributed by atoms with Crippen LogP contribution in [0.1, 0.15) is 16.7 Å². The van der Waals surface area contributed by atoms with Gasteiger partial charge in [-0.25, -0.2) is 0 Å². The molecule has 0 saturated heterocycles. The van der Waals surface area contributed by atoms with Gasteiger partial charge in [0.2, 0.25) is 5.91 Å². The summed E-state index contributed by atoms with van der Waals surface area (Å²) in [5.74, 6) is 2.37. The molecule has 28 heavy (non-hydrogen) atoms. The van der Waals surface area contributed by atoms with E-state index in [1.807, 2.05) is 36.4 Å². The Morgan fingerprint density at radius 2 is 1.79 bits per heavy atom. The van der Waals surface area contributed by atoms with Crippen molar-refractivity contribution in [2.24, 2.45) is 0 Å². The second-order valence-corrected chi connectivity index (χ2v) is 6.89. The summed E-state index contributed by atoms with van der Waals surface area (Å²) in [4.78, 5) is 14.5. The lowest BCUT2D eigenvalue weighted by molar-refractivity contribution is -0.122. The van der Waals surface area contributed by atoms with Gasteiger partial charge in [-0.05, 0) is 53.8 Å². The molecule has 0 bridgehead atoms. The van der Waals surface area contributed by atoms with Crippen LogP contribution >= 0.6 is 0 Å². The largest absolute Gasteiger partial charge is 0.497 e. The molecule has 3 rings (SSSR count). The lowest BCUT2D eigenvalue weighted by Crippen LogP contribution is -2.40. The van der Waals surface area contributed by atoms with Gasteiger partial charge < -0.3 is 19.5 Å². The third-order valence-electron chi connectivity index (χ3n) is 5.03. The van der Waals surface area contributed by atoms with Gasteiger partial charge in [0, 0.05) is 19.6 Å². The maximum atomic E-state index is 12.3. The van der Waals surface area contributed by atoms with Crippen LogP contribution in [0.4, 0.5) is 0 Å². The molecule has 6 heteroatoms. The number of benzene rings is 2. The average molecular weight is 384 g/mol. The van der Waals surface area contributed by atoms with E-state index in [2.05, 4.69) is 10.2 Å². The van der Waals surface area contributed by atoms with E-state index >= 15 is 0 Å². The van der Waals surface area contributed by atoms with Gasteiger partial charge in [-0.1, -0.05) is 12.1 Å². The van der Waals surface area contributed by atoms with Crippen LogP contribution in [-0.4, -0.2) is 51.8 Å². The highest BCUT2D eigenvalue weighted by molar-refractivity contribution is 5.78. The molecule has 0 fully saturated rings. The predicted octanol–water partition coefficient (Wildman–Crippen LogP) is 2.43. The molecule has 0 unspecified atom stereocenters. The number of hydrogen-bond acceptors (Lipinski definition) is 5. The zero-order valence-electron chi connectivity index (χ0n) is 16.8. The fourth-order valence-corrected chi connectivity index (χ4v) is 3.51. The van der Waals surface area contributed by atoms with Crippen LogP contribution in [0.3, 0.4) is 0 Å². The fourth-order valence-electron chi connectivity index (χ4n) is 3.51. The molecule has 0 saturated carbocycles. The number of nitrogens with zero attached hydrogens (tertiary/aromatic N) is 1. The summed E-state index contributed by atoms with van der Waals surface area (Å²) < 4.78 is 16.0. The van der Waals surface area contributed by atoms with E-state index < -0.39 is 0 Å². The highest BCUT2D eigenvalue weighted by Gasteiger charge is 2.21. The molecule has 2 aromatic carbocycles. The van der Waals surface area contributed by atoms with Crippen molar-refractivity contribution < 1.29 is 19.0 Å². The molecule has 0 atom stereocenters. The van der Waals surface area contributed by atoms with E-state index in [1.165, 1.54) is 11.1 Å². The van der Waals surface area contributed by atoms with E-state index in [0.29, 0.717) is 13.1 Å². The number of methoxy groups -OCH3 is 3. The molecular weight excluding hydrogens is 356 g/mol. The van der Waals surface area contributed by atoms with Crippen molar-refractivity contribution in [3.8, 4) is 17.2 Å². The summed E-state index contributed by atoms with van der Waals surface area (Å²) in [5, 5.41) is 3.01. The van der Waals surface area contributed by atoms with E-state index in [9.17, 15) is 4.79 Å². The smallest absolute Gasteiger partial charge is 0.234 e. The van der Waals surface area contributed by atoms with Crippen LogP contribution in [0.15, 0.2) is 36.4 Å². The maximum Gasteiger partial charge on any atom is 0.234 e. The Morgan fingerprint density at radius 3 is 2.50 bits per heavy atom. The Hall–Kier alpha value is -2.73. The van der Waals surface area contributed by atoms with Crippen LogP contribution in [0.25, 0.3) is 0 Å². The summed E-state index contributed by atoms with van der Waals surface area (Å²) in [6.45, 7) is 2.60. The van der Waals surface area contributed by atoms with Gasteiger partial charge in [-0.3, -0.25) is 9.69 Å². The lowest BCUT2D eigenvalue weighted by atomic mass is 9.99. The second kappa shape index (κ2) is 9.46.